The van der Waals surface area contributed by atoms with E-state index in [-0.39, 0.29) is 5.41 Å². The van der Waals surface area contributed by atoms with Crippen LogP contribution in [0.25, 0.3) is 0 Å². The third-order valence-corrected chi connectivity index (χ3v) is 7.20. The molecular weight excluding hydrogens is 450 g/mol. The number of likely N-dealkylation sites (N-methyl/N-ethyl adjacent to an activating group) is 1. The Labute approximate surface area is 214 Å². The van der Waals surface area contributed by atoms with Gasteiger partial charge in [-0.05, 0) is 51.2 Å². The van der Waals surface area contributed by atoms with Crippen molar-refractivity contribution in [3.8, 4) is 5.75 Å². The molecule has 36 heavy (non-hydrogen) atoms. The van der Waals surface area contributed by atoms with Crippen molar-refractivity contribution in [2.75, 3.05) is 61.7 Å². The molecule has 2 aromatic heterocycles. The number of aromatic nitrogens is 2. The van der Waals surface area contributed by atoms with Gasteiger partial charge in [0.05, 0.1) is 35.6 Å². The molecule has 0 bridgehead atoms. The minimum atomic E-state index is -0.0268. The fraction of sp³-hybridized carbons (Fsp3) is 0.429. The first-order valence-corrected chi connectivity index (χ1v) is 12.6. The fourth-order valence-electron chi connectivity index (χ4n) is 5.58. The Kier molecular flexibility index (Phi) is 6.38. The molecule has 3 aromatic rings. The number of nitrogens with two attached hydrogens (primary N) is 1. The molecule has 0 amide bonds. The highest BCUT2D eigenvalue weighted by Crippen LogP contribution is 2.44. The standard InChI is InChI=1S/C28H37N7O/c1-28(2)18-35(23-9-6-11-31-27(23)28)19-10-12-30-26(14-19)32-22-15-21(29)24(16-25(22)36-5)34-13-7-8-20(34)17-33(3)4/h6,9-12,14-16,20H,7-8,13,17-18,29H2,1-5H3,(H,30,32)/t20-/m1/s1. The van der Waals surface area contributed by atoms with Crippen LogP contribution in [0.1, 0.15) is 32.4 Å². The quantitative estimate of drug-likeness (QED) is 0.461. The predicted octanol–water partition coefficient (Wildman–Crippen LogP) is 4.77. The third-order valence-electron chi connectivity index (χ3n) is 7.20. The molecule has 0 saturated carbocycles. The molecule has 0 unspecified atom stereocenters. The Morgan fingerprint density at radius 3 is 2.75 bits per heavy atom. The van der Waals surface area contributed by atoms with Gasteiger partial charge in [0.1, 0.15) is 11.6 Å². The maximum atomic E-state index is 6.60. The van der Waals surface area contributed by atoms with Gasteiger partial charge in [-0.25, -0.2) is 4.98 Å². The second-order valence-corrected chi connectivity index (χ2v) is 10.7. The van der Waals surface area contributed by atoms with E-state index in [1.54, 1.807) is 7.11 Å². The molecule has 5 rings (SSSR count). The molecule has 0 spiro atoms. The molecule has 2 aliphatic rings. The van der Waals surface area contributed by atoms with Crippen LogP contribution in [0.2, 0.25) is 0 Å². The summed E-state index contributed by atoms with van der Waals surface area (Å²) in [6, 6.07) is 12.7. The van der Waals surface area contributed by atoms with E-state index < -0.39 is 0 Å². The second-order valence-electron chi connectivity index (χ2n) is 10.7. The molecule has 4 heterocycles. The van der Waals surface area contributed by atoms with E-state index in [1.807, 2.05) is 30.6 Å². The largest absolute Gasteiger partial charge is 0.494 e. The first kappa shape index (κ1) is 24.2. The van der Waals surface area contributed by atoms with Crippen LogP contribution in [-0.4, -0.2) is 61.7 Å². The average Bonchev–Trinajstić information content (AvgIpc) is 3.41. The van der Waals surface area contributed by atoms with E-state index >= 15 is 0 Å². The van der Waals surface area contributed by atoms with Crippen LogP contribution in [-0.2, 0) is 5.41 Å². The van der Waals surface area contributed by atoms with E-state index in [2.05, 4.69) is 76.1 Å². The number of methoxy groups -OCH3 is 1. The lowest BCUT2D eigenvalue weighted by Crippen LogP contribution is -2.37. The van der Waals surface area contributed by atoms with Crippen molar-refractivity contribution < 1.29 is 4.74 Å². The van der Waals surface area contributed by atoms with Crippen molar-refractivity contribution in [1.82, 2.24) is 14.9 Å². The van der Waals surface area contributed by atoms with Crippen LogP contribution >= 0.6 is 0 Å². The van der Waals surface area contributed by atoms with Gasteiger partial charge in [-0.15, -0.1) is 0 Å². The summed E-state index contributed by atoms with van der Waals surface area (Å²) in [6.07, 6.45) is 6.04. The molecule has 0 aliphatic carbocycles. The summed E-state index contributed by atoms with van der Waals surface area (Å²) in [5, 5.41) is 3.45. The summed E-state index contributed by atoms with van der Waals surface area (Å²) in [6.45, 7) is 7.34. The number of ether oxygens (including phenoxy) is 1. The number of nitrogens with one attached hydrogen (secondary N) is 1. The predicted molar refractivity (Wildman–Crippen MR) is 148 cm³/mol. The molecule has 1 atom stereocenters. The van der Waals surface area contributed by atoms with Crippen molar-refractivity contribution >= 4 is 34.3 Å². The number of nitrogens with zero attached hydrogens (tertiary/aromatic N) is 5. The summed E-state index contributed by atoms with van der Waals surface area (Å²) in [7, 11) is 5.93. The van der Waals surface area contributed by atoms with E-state index in [9.17, 15) is 0 Å². The fourth-order valence-corrected chi connectivity index (χ4v) is 5.58. The maximum Gasteiger partial charge on any atom is 0.144 e. The number of nitrogen functional groups attached to an aromatic ring is 1. The summed E-state index contributed by atoms with van der Waals surface area (Å²) >= 11 is 0. The number of fused-ring (bicyclic) bond motifs is 1. The summed E-state index contributed by atoms with van der Waals surface area (Å²) in [5.41, 5.74) is 12.5. The van der Waals surface area contributed by atoms with Crippen molar-refractivity contribution in [3.63, 3.8) is 0 Å². The van der Waals surface area contributed by atoms with E-state index in [4.69, 9.17) is 10.5 Å². The van der Waals surface area contributed by atoms with Gasteiger partial charge in [-0.1, -0.05) is 13.8 Å². The minimum absolute atomic E-state index is 0.0268. The van der Waals surface area contributed by atoms with Crippen LogP contribution in [0, 0.1) is 0 Å². The van der Waals surface area contributed by atoms with Crippen LogP contribution in [0.3, 0.4) is 0 Å². The zero-order valence-electron chi connectivity index (χ0n) is 22.0. The van der Waals surface area contributed by atoms with Gasteiger partial charge in [-0.2, -0.15) is 0 Å². The van der Waals surface area contributed by atoms with Gasteiger partial charge >= 0.3 is 0 Å². The van der Waals surface area contributed by atoms with Crippen molar-refractivity contribution in [3.05, 3.63) is 54.5 Å². The van der Waals surface area contributed by atoms with E-state index in [1.165, 1.54) is 12.8 Å². The number of pyridine rings is 2. The molecule has 1 fully saturated rings. The zero-order chi connectivity index (χ0) is 25.4. The van der Waals surface area contributed by atoms with Gasteiger partial charge in [0, 0.05) is 61.3 Å². The Hall–Kier alpha value is -3.52. The summed E-state index contributed by atoms with van der Waals surface area (Å²) in [5.74, 6) is 1.48. The molecular formula is C28H37N7O. The number of benzene rings is 1. The molecule has 8 nitrogen and oxygen atoms in total. The van der Waals surface area contributed by atoms with Gasteiger partial charge < -0.3 is 30.5 Å². The monoisotopic (exact) mass is 487 g/mol. The molecule has 8 heteroatoms. The molecule has 1 aromatic carbocycles. The van der Waals surface area contributed by atoms with Gasteiger partial charge in [-0.3, -0.25) is 4.98 Å². The van der Waals surface area contributed by atoms with Crippen molar-refractivity contribution in [2.45, 2.75) is 38.1 Å². The molecule has 3 N–H and O–H groups in total. The van der Waals surface area contributed by atoms with Gasteiger partial charge in [0.15, 0.2) is 0 Å². The highest BCUT2D eigenvalue weighted by Gasteiger charge is 2.37. The highest BCUT2D eigenvalue weighted by molar-refractivity contribution is 5.81. The van der Waals surface area contributed by atoms with Crippen molar-refractivity contribution in [1.29, 1.82) is 0 Å². The van der Waals surface area contributed by atoms with Crippen molar-refractivity contribution in [2.24, 2.45) is 0 Å². The van der Waals surface area contributed by atoms with Crippen LogP contribution in [0.15, 0.2) is 48.8 Å². The second kappa shape index (κ2) is 9.50. The van der Waals surface area contributed by atoms with Gasteiger partial charge in [0.25, 0.3) is 0 Å². The Morgan fingerprint density at radius 2 is 1.97 bits per heavy atom. The average molecular weight is 488 g/mol. The van der Waals surface area contributed by atoms with E-state index in [0.29, 0.717) is 6.04 Å². The summed E-state index contributed by atoms with van der Waals surface area (Å²) < 4.78 is 5.79. The van der Waals surface area contributed by atoms with Crippen LogP contribution in [0.5, 0.6) is 5.75 Å². The zero-order valence-corrected chi connectivity index (χ0v) is 22.0. The number of rotatable bonds is 7. The lowest BCUT2D eigenvalue weighted by molar-refractivity contribution is 0.372. The highest BCUT2D eigenvalue weighted by atomic mass is 16.5. The first-order chi connectivity index (χ1) is 17.3. The Bertz CT molecular complexity index is 1240. The SMILES string of the molecule is COc1cc(N2CCC[C@@H]2CN(C)C)c(N)cc1Nc1cc(N2CC(C)(C)c3ncccc32)ccn1. The lowest BCUT2D eigenvalue weighted by Gasteiger charge is -2.30. The maximum absolute atomic E-state index is 6.60. The number of anilines is 6. The molecule has 190 valence electrons. The third kappa shape index (κ3) is 4.53. The summed E-state index contributed by atoms with van der Waals surface area (Å²) in [4.78, 5) is 16.2. The smallest absolute Gasteiger partial charge is 0.144 e. The molecule has 1 saturated heterocycles. The Balaban J connectivity index is 1.42. The molecule has 2 aliphatic heterocycles. The topological polar surface area (TPSA) is 82.8 Å². The molecule has 0 radical (unpaired) electrons. The number of hydrogen-bond donors (Lipinski definition) is 2. The van der Waals surface area contributed by atoms with Crippen LogP contribution < -0.4 is 25.6 Å². The lowest BCUT2D eigenvalue weighted by atomic mass is 9.91. The van der Waals surface area contributed by atoms with Gasteiger partial charge in [0.2, 0.25) is 0 Å². The van der Waals surface area contributed by atoms with Crippen LogP contribution in [0.4, 0.5) is 34.3 Å². The first-order valence-electron chi connectivity index (χ1n) is 12.6. The minimum Gasteiger partial charge on any atom is -0.494 e. The normalized spacial score (nSPS) is 18.6. The number of hydrogen-bond acceptors (Lipinski definition) is 8. The Morgan fingerprint density at radius 1 is 1.14 bits per heavy atom. The van der Waals surface area contributed by atoms with E-state index in [0.717, 1.165) is 65.3 Å².